The molecule has 0 fully saturated rings. The highest BCUT2D eigenvalue weighted by Crippen LogP contribution is 2.24. The van der Waals surface area contributed by atoms with E-state index in [9.17, 15) is 4.79 Å². The van der Waals surface area contributed by atoms with Crippen LogP contribution in [-0.2, 0) is 6.54 Å². The molecule has 0 amide bonds. The Kier molecular flexibility index (Phi) is 3.85. The number of hydrogen-bond acceptors (Lipinski definition) is 1. The van der Waals surface area contributed by atoms with Crippen LogP contribution in [0.3, 0.4) is 0 Å². The Morgan fingerprint density at radius 3 is 2.88 bits per heavy atom. The number of halogens is 1. The van der Waals surface area contributed by atoms with Crippen LogP contribution in [0.5, 0.6) is 0 Å². The first kappa shape index (κ1) is 12.2. The van der Waals surface area contributed by atoms with Crippen molar-refractivity contribution in [2.24, 2.45) is 0 Å². The van der Waals surface area contributed by atoms with Crippen molar-refractivity contribution in [1.29, 1.82) is 0 Å². The molecule has 0 bridgehead atoms. The first-order valence-electron chi connectivity index (χ1n) is 6.00. The summed E-state index contributed by atoms with van der Waals surface area (Å²) in [4.78, 5) is 11.0. The molecule has 2 nitrogen and oxygen atoms in total. The molecule has 0 atom stereocenters. The number of fused-ring (bicyclic) bond motifs is 1. The molecule has 0 spiro atoms. The number of nitrogens with zero attached hydrogens (tertiary/aromatic N) is 1. The lowest BCUT2D eigenvalue weighted by Crippen LogP contribution is -1.95. The van der Waals surface area contributed by atoms with Gasteiger partial charge in [-0.1, -0.05) is 37.4 Å². The van der Waals surface area contributed by atoms with E-state index in [1.807, 2.05) is 24.4 Å². The zero-order valence-electron chi connectivity index (χ0n) is 9.95. The van der Waals surface area contributed by atoms with E-state index in [4.69, 9.17) is 11.6 Å². The largest absolute Gasteiger partial charge is 0.347 e. The third-order valence-corrected chi connectivity index (χ3v) is 3.24. The molecule has 0 aliphatic carbocycles. The molecule has 0 saturated carbocycles. The molecule has 0 radical (unpaired) electrons. The van der Waals surface area contributed by atoms with E-state index < -0.39 is 0 Å². The first-order chi connectivity index (χ1) is 8.26. The molecule has 0 N–H and O–H groups in total. The van der Waals surface area contributed by atoms with E-state index in [1.54, 1.807) is 0 Å². The van der Waals surface area contributed by atoms with Crippen LogP contribution in [0.1, 0.15) is 36.5 Å². The van der Waals surface area contributed by atoms with Crippen molar-refractivity contribution in [2.75, 3.05) is 0 Å². The monoisotopic (exact) mass is 249 g/mol. The van der Waals surface area contributed by atoms with E-state index >= 15 is 0 Å². The molecular formula is C14H16ClNO. The maximum Gasteiger partial charge on any atom is 0.152 e. The lowest BCUT2D eigenvalue weighted by Gasteiger charge is -2.04. The van der Waals surface area contributed by atoms with Gasteiger partial charge in [0, 0.05) is 28.7 Å². The predicted molar refractivity (Wildman–Crippen MR) is 71.9 cm³/mol. The van der Waals surface area contributed by atoms with Crippen LogP contribution in [0, 0.1) is 0 Å². The zero-order valence-corrected chi connectivity index (χ0v) is 10.7. The van der Waals surface area contributed by atoms with Crippen LogP contribution in [0.2, 0.25) is 5.02 Å². The molecule has 0 saturated heterocycles. The van der Waals surface area contributed by atoms with Crippen molar-refractivity contribution in [2.45, 2.75) is 32.7 Å². The van der Waals surface area contributed by atoms with Crippen LogP contribution in [-0.4, -0.2) is 10.9 Å². The lowest BCUT2D eigenvalue weighted by molar-refractivity contribution is 0.112. The van der Waals surface area contributed by atoms with Gasteiger partial charge in [-0.15, -0.1) is 0 Å². The fourth-order valence-corrected chi connectivity index (χ4v) is 2.27. The average molecular weight is 250 g/mol. The van der Waals surface area contributed by atoms with Crippen LogP contribution >= 0.6 is 11.6 Å². The smallest absolute Gasteiger partial charge is 0.152 e. The summed E-state index contributed by atoms with van der Waals surface area (Å²) in [5, 5.41) is 1.70. The third kappa shape index (κ3) is 2.52. The van der Waals surface area contributed by atoms with E-state index in [-0.39, 0.29) is 0 Å². The molecule has 0 aliphatic rings. The average Bonchev–Trinajstić information content (AvgIpc) is 2.67. The molecule has 17 heavy (non-hydrogen) atoms. The van der Waals surface area contributed by atoms with Crippen molar-refractivity contribution in [3.05, 3.63) is 35.0 Å². The Bertz CT molecular complexity index is 530. The van der Waals surface area contributed by atoms with Crippen molar-refractivity contribution >= 4 is 28.8 Å². The minimum atomic E-state index is 0.713. The van der Waals surface area contributed by atoms with Crippen LogP contribution < -0.4 is 0 Å². The highest BCUT2D eigenvalue weighted by atomic mass is 35.5. The second-order valence-corrected chi connectivity index (χ2v) is 4.70. The number of unbranched alkanes of at least 4 members (excludes halogenated alkanes) is 2. The van der Waals surface area contributed by atoms with Crippen LogP contribution in [0.25, 0.3) is 10.9 Å². The maximum atomic E-state index is 11.0. The van der Waals surface area contributed by atoms with Crippen molar-refractivity contribution in [3.63, 3.8) is 0 Å². The highest BCUT2D eigenvalue weighted by molar-refractivity contribution is 6.31. The fraction of sp³-hybridized carbons (Fsp3) is 0.357. The molecule has 2 aromatic rings. The van der Waals surface area contributed by atoms with Gasteiger partial charge < -0.3 is 4.57 Å². The number of aldehydes is 1. The van der Waals surface area contributed by atoms with Crippen molar-refractivity contribution < 1.29 is 4.79 Å². The normalized spacial score (nSPS) is 10.9. The van der Waals surface area contributed by atoms with Gasteiger partial charge in [-0.2, -0.15) is 0 Å². The van der Waals surface area contributed by atoms with E-state index in [2.05, 4.69) is 11.5 Å². The summed E-state index contributed by atoms with van der Waals surface area (Å²) in [6, 6.07) is 5.67. The number of aromatic nitrogens is 1. The summed E-state index contributed by atoms with van der Waals surface area (Å²) in [6.07, 6.45) is 6.36. The highest BCUT2D eigenvalue weighted by Gasteiger charge is 2.07. The van der Waals surface area contributed by atoms with Crippen LogP contribution in [0.15, 0.2) is 24.4 Å². The molecule has 0 aliphatic heterocycles. The number of aryl methyl sites for hydroxylation is 1. The predicted octanol–water partition coefficient (Wildman–Crippen LogP) is 4.30. The first-order valence-corrected chi connectivity index (χ1v) is 6.37. The van der Waals surface area contributed by atoms with Gasteiger partial charge in [0.25, 0.3) is 0 Å². The zero-order chi connectivity index (χ0) is 12.3. The van der Waals surface area contributed by atoms with Crippen molar-refractivity contribution in [1.82, 2.24) is 4.57 Å². The van der Waals surface area contributed by atoms with Gasteiger partial charge in [-0.05, 0) is 18.6 Å². The summed E-state index contributed by atoms with van der Waals surface area (Å²) in [6.45, 7) is 3.13. The van der Waals surface area contributed by atoms with E-state index in [0.29, 0.717) is 5.02 Å². The molecule has 1 aromatic carbocycles. The Hall–Kier alpha value is -1.28. The summed E-state index contributed by atoms with van der Waals surface area (Å²) in [7, 11) is 0. The Labute approximate surface area is 106 Å². The molecule has 1 heterocycles. The summed E-state index contributed by atoms with van der Waals surface area (Å²) in [5.74, 6) is 0. The number of carbonyl (C=O) groups excluding carboxylic acids is 1. The molecule has 2 rings (SSSR count). The number of hydrogen-bond donors (Lipinski definition) is 0. The molecule has 3 heteroatoms. The van der Waals surface area contributed by atoms with Gasteiger partial charge in [0.15, 0.2) is 6.29 Å². The minimum Gasteiger partial charge on any atom is -0.347 e. The molecule has 1 aromatic heterocycles. The summed E-state index contributed by atoms with van der Waals surface area (Å²) < 4.78 is 2.13. The topological polar surface area (TPSA) is 22.0 Å². The molecule has 90 valence electrons. The van der Waals surface area contributed by atoms with Crippen LogP contribution in [0.4, 0.5) is 0 Å². The Morgan fingerprint density at radius 2 is 2.18 bits per heavy atom. The maximum absolute atomic E-state index is 11.0. The Morgan fingerprint density at radius 1 is 1.35 bits per heavy atom. The number of carbonyl (C=O) groups is 1. The van der Waals surface area contributed by atoms with E-state index in [1.165, 1.54) is 12.8 Å². The number of benzene rings is 1. The molecule has 0 unspecified atom stereocenters. The minimum absolute atomic E-state index is 0.713. The molecular weight excluding hydrogens is 234 g/mol. The van der Waals surface area contributed by atoms with Gasteiger partial charge >= 0.3 is 0 Å². The second kappa shape index (κ2) is 5.37. The van der Waals surface area contributed by atoms with Crippen molar-refractivity contribution in [3.8, 4) is 0 Å². The van der Waals surface area contributed by atoms with Gasteiger partial charge in [-0.3, -0.25) is 4.79 Å². The standard InChI is InChI=1S/C14H16ClNO/c1-2-3-4-7-16-9-11(10-17)13-6-5-12(15)8-14(13)16/h5-6,8-10H,2-4,7H2,1H3. The van der Waals surface area contributed by atoms with E-state index in [0.717, 1.165) is 35.7 Å². The summed E-state index contributed by atoms with van der Waals surface area (Å²) in [5.41, 5.74) is 1.80. The van der Waals surface area contributed by atoms with Gasteiger partial charge in [-0.25, -0.2) is 0 Å². The second-order valence-electron chi connectivity index (χ2n) is 4.26. The fourth-order valence-electron chi connectivity index (χ4n) is 2.10. The third-order valence-electron chi connectivity index (χ3n) is 3.00. The quantitative estimate of drug-likeness (QED) is 0.572. The number of rotatable bonds is 5. The van der Waals surface area contributed by atoms with Gasteiger partial charge in [0.1, 0.15) is 0 Å². The van der Waals surface area contributed by atoms with Gasteiger partial charge in [0.05, 0.1) is 5.52 Å². The summed E-state index contributed by atoms with van der Waals surface area (Å²) >= 11 is 6.00. The lowest BCUT2D eigenvalue weighted by atomic mass is 10.2. The Balaban J connectivity index is 2.40. The SMILES string of the molecule is CCCCCn1cc(C=O)c2ccc(Cl)cc21. The van der Waals surface area contributed by atoms with Gasteiger partial charge in [0.2, 0.25) is 0 Å².